The summed E-state index contributed by atoms with van der Waals surface area (Å²) in [5, 5.41) is 3.71. The second-order valence-electron chi connectivity index (χ2n) is 13.2. The van der Waals surface area contributed by atoms with Crippen molar-refractivity contribution >= 4 is 5.97 Å². The average Bonchev–Trinajstić information content (AvgIpc) is 3.83. The van der Waals surface area contributed by atoms with E-state index < -0.39 is 0 Å². The molecule has 0 radical (unpaired) electrons. The van der Waals surface area contributed by atoms with Gasteiger partial charge in [-0.2, -0.15) is 0 Å². The van der Waals surface area contributed by atoms with Crippen LogP contribution in [0, 0.1) is 5.41 Å². The van der Waals surface area contributed by atoms with Crippen molar-refractivity contribution in [2.75, 3.05) is 39.3 Å². The van der Waals surface area contributed by atoms with Crippen molar-refractivity contribution in [1.82, 2.24) is 34.6 Å². The molecule has 2 aliphatic rings. The zero-order valence-electron chi connectivity index (χ0n) is 27.8. The first-order chi connectivity index (χ1) is 22.0. The lowest BCUT2D eigenvalue weighted by molar-refractivity contribution is -0.143. The molecule has 9 heteroatoms. The van der Waals surface area contributed by atoms with Gasteiger partial charge in [0.15, 0.2) is 0 Å². The van der Waals surface area contributed by atoms with E-state index in [1.165, 1.54) is 63.8 Å². The van der Waals surface area contributed by atoms with Gasteiger partial charge in [0.05, 0.1) is 12.6 Å². The quantitative estimate of drug-likeness (QED) is 0.192. The first-order valence-electron chi connectivity index (χ1n) is 17.4. The third-order valence-electron chi connectivity index (χ3n) is 10.2. The number of benzene rings is 1. The lowest BCUT2D eigenvalue weighted by atomic mass is 9.77. The fourth-order valence-corrected chi connectivity index (χ4v) is 7.45. The number of nitrogens with one attached hydrogen (secondary N) is 2. The predicted octanol–water partition coefficient (Wildman–Crippen LogP) is 5.54. The average molecular weight is 618 g/mol. The number of rotatable bonds is 17. The molecule has 1 atom stereocenters. The molecule has 2 N–H and O–H groups in total. The second kappa shape index (κ2) is 16.5. The third kappa shape index (κ3) is 9.27. The topological polar surface area (TPSA) is 91.3 Å². The van der Waals surface area contributed by atoms with E-state index in [1.54, 1.807) is 0 Å². The number of nitrogens with zero attached hydrogens (tertiary/aromatic N) is 5. The van der Waals surface area contributed by atoms with Crippen LogP contribution in [0.25, 0.3) is 0 Å². The Kier molecular flexibility index (Phi) is 12.2. The maximum Gasteiger partial charge on any atom is 0.306 e. The predicted molar refractivity (Wildman–Crippen MR) is 179 cm³/mol. The third-order valence-corrected chi connectivity index (χ3v) is 10.2. The Morgan fingerprint density at radius 2 is 1.76 bits per heavy atom. The number of aromatic nitrogens is 4. The Hall–Kier alpha value is -3.01. The lowest BCUT2D eigenvalue weighted by Crippen LogP contribution is -2.45. The van der Waals surface area contributed by atoms with E-state index in [-0.39, 0.29) is 12.0 Å². The number of carbonyl (C=O) groups is 1. The molecule has 246 valence electrons. The van der Waals surface area contributed by atoms with Gasteiger partial charge < -0.3 is 29.4 Å². The summed E-state index contributed by atoms with van der Waals surface area (Å²) >= 11 is 0. The number of esters is 1. The van der Waals surface area contributed by atoms with Gasteiger partial charge in [0.1, 0.15) is 11.6 Å². The molecule has 3 aromatic rings. The van der Waals surface area contributed by atoms with Gasteiger partial charge in [-0.15, -0.1) is 0 Å². The lowest BCUT2D eigenvalue weighted by Gasteiger charge is -2.42. The molecule has 5 rings (SSSR count). The Morgan fingerprint density at radius 3 is 2.47 bits per heavy atom. The van der Waals surface area contributed by atoms with Crippen molar-refractivity contribution in [3.63, 3.8) is 0 Å². The first-order valence-corrected chi connectivity index (χ1v) is 17.4. The van der Waals surface area contributed by atoms with E-state index in [1.807, 2.05) is 25.5 Å². The van der Waals surface area contributed by atoms with Crippen molar-refractivity contribution in [3.8, 4) is 0 Å². The molecular weight excluding hydrogens is 562 g/mol. The molecule has 4 heterocycles. The van der Waals surface area contributed by atoms with Crippen LogP contribution in [-0.2, 0) is 35.5 Å². The van der Waals surface area contributed by atoms with Crippen LogP contribution in [0.1, 0.15) is 94.5 Å². The van der Waals surface area contributed by atoms with Crippen LogP contribution in [0.4, 0.5) is 0 Å². The van der Waals surface area contributed by atoms with E-state index in [4.69, 9.17) is 9.72 Å². The number of hydrogen-bond acceptors (Lipinski definition) is 7. The van der Waals surface area contributed by atoms with E-state index in [2.05, 4.69) is 74.0 Å². The van der Waals surface area contributed by atoms with Crippen LogP contribution in [0.3, 0.4) is 0 Å². The van der Waals surface area contributed by atoms with E-state index >= 15 is 0 Å². The van der Waals surface area contributed by atoms with Crippen LogP contribution in [0.2, 0.25) is 0 Å². The SMILES string of the molecule is CCOC(=O)CCc1ccc(CNC(Cc2nccn2CCCN2CCC3(CCN(C(CC)CC)CC3)C2)c2ncc[nH]2)cc1. The highest BCUT2D eigenvalue weighted by atomic mass is 16.5. The minimum Gasteiger partial charge on any atom is -0.466 e. The van der Waals surface area contributed by atoms with Gasteiger partial charge in [-0.1, -0.05) is 38.1 Å². The zero-order chi connectivity index (χ0) is 31.5. The van der Waals surface area contributed by atoms with Crippen LogP contribution >= 0.6 is 0 Å². The van der Waals surface area contributed by atoms with Crippen LogP contribution in [0.15, 0.2) is 49.1 Å². The number of H-pyrrole nitrogens is 1. The minimum atomic E-state index is -0.143. The summed E-state index contributed by atoms with van der Waals surface area (Å²) in [6, 6.07) is 9.26. The van der Waals surface area contributed by atoms with E-state index in [0.717, 1.165) is 55.7 Å². The van der Waals surface area contributed by atoms with Gasteiger partial charge in [0, 0.05) is 63.3 Å². The molecule has 1 aromatic carbocycles. The Balaban J connectivity index is 1.09. The highest BCUT2D eigenvalue weighted by molar-refractivity contribution is 5.69. The van der Waals surface area contributed by atoms with Gasteiger partial charge in [-0.05, 0) is 94.6 Å². The number of imidazole rings is 2. The molecule has 0 bridgehead atoms. The van der Waals surface area contributed by atoms with Crippen LogP contribution in [-0.4, -0.2) is 80.7 Å². The molecule has 0 aliphatic carbocycles. The number of likely N-dealkylation sites (tertiary alicyclic amines) is 2. The van der Waals surface area contributed by atoms with Gasteiger partial charge in [0.2, 0.25) is 0 Å². The molecule has 2 aliphatic heterocycles. The van der Waals surface area contributed by atoms with E-state index in [9.17, 15) is 4.79 Å². The van der Waals surface area contributed by atoms with Crippen LogP contribution < -0.4 is 5.32 Å². The molecule has 1 unspecified atom stereocenters. The summed E-state index contributed by atoms with van der Waals surface area (Å²) < 4.78 is 7.38. The summed E-state index contributed by atoms with van der Waals surface area (Å²) in [7, 11) is 0. The highest BCUT2D eigenvalue weighted by Crippen LogP contribution is 2.41. The fourth-order valence-electron chi connectivity index (χ4n) is 7.45. The highest BCUT2D eigenvalue weighted by Gasteiger charge is 2.40. The molecule has 1 spiro atoms. The number of ether oxygens (including phenoxy) is 1. The summed E-state index contributed by atoms with van der Waals surface area (Å²) in [6.45, 7) is 14.9. The van der Waals surface area contributed by atoms with Gasteiger partial charge in [-0.3, -0.25) is 4.79 Å². The maximum absolute atomic E-state index is 11.7. The molecule has 0 amide bonds. The summed E-state index contributed by atoms with van der Waals surface area (Å²) in [5.41, 5.74) is 2.88. The Labute approximate surface area is 270 Å². The number of hydrogen-bond donors (Lipinski definition) is 2. The number of carbonyl (C=O) groups excluding carboxylic acids is 1. The van der Waals surface area contributed by atoms with Gasteiger partial charge in [-0.25, -0.2) is 9.97 Å². The zero-order valence-corrected chi connectivity index (χ0v) is 27.8. The van der Waals surface area contributed by atoms with Crippen molar-refractivity contribution in [2.24, 2.45) is 5.41 Å². The maximum atomic E-state index is 11.7. The number of piperidine rings is 1. The van der Waals surface area contributed by atoms with Crippen molar-refractivity contribution < 1.29 is 9.53 Å². The monoisotopic (exact) mass is 617 g/mol. The molecule has 45 heavy (non-hydrogen) atoms. The molecule has 2 aromatic heterocycles. The molecule has 0 saturated carbocycles. The van der Waals surface area contributed by atoms with Crippen molar-refractivity contribution in [1.29, 1.82) is 0 Å². The summed E-state index contributed by atoms with van der Waals surface area (Å²) in [4.78, 5) is 29.8. The fraction of sp³-hybridized carbons (Fsp3) is 0.639. The minimum absolute atomic E-state index is 0.0222. The largest absolute Gasteiger partial charge is 0.466 e. The Bertz CT molecular complexity index is 1280. The van der Waals surface area contributed by atoms with Crippen molar-refractivity contribution in [2.45, 2.75) is 104 Å². The molecule has 2 saturated heterocycles. The molecular formula is C36H55N7O2. The Morgan fingerprint density at radius 1 is 1.00 bits per heavy atom. The number of aryl methyl sites for hydroxylation is 2. The molecule has 2 fully saturated rings. The second-order valence-corrected chi connectivity index (χ2v) is 13.2. The van der Waals surface area contributed by atoms with E-state index in [0.29, 0.717) is 24.9 Å². The van der Waals surface area contributed by atoms with Gasteiger partial charge >= 0.3 is 5.97 Å². The first kappa shape index (κ1) is 33.4. The summed E-state index contributed by atoms with van der Waals surface area (Å²) in [5.74, 6) is 1.87. The normalized spacial score (nSPS) is 17.8. The molecule has 9 nitrogen and oxygen atoms in total. The van der Waals surface area contributed by atoms with Crippen molar-refractivity contribution in [3.05, 3.63) is 71.8 Å². The number of aromatic amines is 1. The smallest absolute Gasteiger partial charge is 0.306 e. The van der Waals surface area contributed by atoms with Gasteiger partial charge in [0.25, 0.3) is 0 Å². The standard InChI is InChI=1S/C36H55N7O2/c1-4-31(5-2)42-23-15-36(16-24-42)14-22-41(28-36)20-7-21-43-25-19-37-33(43)26-32(35-38-17-18-39-35)40-27-30-10-8-29(9-11-30)12-13-34(44)45-6-3/h8-11,17-19,25,31-32,40H,4-7,12-16,20-24,26-28H2,1-3H3,(H,38,39). The van der Waals surface area contributed by atoms with Crippen LogP contribution in [0.5, 0.6) is 0 Å². The summed E-state index contributed by atoms with van der Waals surface area (Å²) in [6.07, 6.45) is 17.4.